The van der Waals surface area contributed by atoms with Gasteiger partial charge in [0.05, 0.1) is 6.61 Å². The zero-order valence-corrected chi connectivity index (χ0v) is 11.5. The second-order valence-electron chi connectivity index (χ2n) is 5.78. The first kappa shape index (κ1) is 15.7. The van der Waals surface area contributed by atoms with Gasteiger partial charge in [0, 0.05) is 31.2 Å². The Labute approximate surface area is 107 Å². The molecule has 0 aliphatic carbocycles. The fourth-order valence-electron chi connectivity index (χ4n) is 2.15. The molecule has 6 heteroatoms. The fourth-order valence-corrected chi connectivity index (χ4v) is 2.15. The summed E-state index contributed by atoms with van der Waals surface area (Å²) < 4.78 is 39.7. The Morgan fingerprint density at radius 1 is 1.39 bits per heavy atom. The van der Waals surface area contributed by atoms with Gasteiger partial charge in [-0.15, -0.1) is 13.2 Å². The summed E-state index contributed by atoms with van der Waals surface area (Å²) in [6, 6.07) is 0.323. The first-order valence-corrected chi connectivity index (χ1v) is 6.31. The van der Waals surface area contributed by atoms with E-state index in [4.69, 9.17) is 0 Å². The molecule has 1 fully saturated rings. The number of rotatable bonds is 4. The van der Waals surface area contributed by atoms with Gasteiger partial charge in [-0.25, -0.2) is 0 Å². The molecule has 0 aromatic heterocycles. The standard InChI is InChI=1S/C12H23F3N2O/c1-9(2)10-7-17(11(3,4)8-16-10)5-6-18-12(13,14)15/h9-10,16H,5-8H2,1-4H3. The molecule has 1 heterocycles. The van der Waals surface area contributed by atoms with Crippen LogP contribution in [0.3, 0.4) is 0 Å². The lowest BCUT2D eigenvalue weighted by Crippen LogP contribution is -2.63. The summed E-state index contributed by atoms with van der Waals surface area (Å²) in [7, 11) is 0. The summed E-state index contributed by atoms with van der Waals surface area (Å²) >= 11 is 0. The minimum absolute atomic E-state index is 0.139. The quantitative estimate of drug-likeness (QED) is 0.846. The third kappa shape index (κ3) is 4.74. The molecule has 0 aromatic rings. The number of nitrogens with one attached hydrogen (secondary N) is 1. The van der Waals surface area contributed by atoms with Crippen LogP contribution in [0, 0.1) is 5.92 Å². The van der Waals surface area contributed by atoms with Crippen LogP contribution in [-0.2, 0) is 4.74 Å². The van der Waals surface area contributed by atoms with E-state index in [-0.39, 0.29) is 12.1 Å². The van der Waals surface area contributed by atoms with E-state index in [1.807, 2.05) is 13.8 Å². The van der Waals surface area contributed by atoms with Crippen LogP contribution in [0.2, 0.25) is 0 Å². The number of hydrogen-bond donors (Lipinski definition) is 1. The first-order valence-electron chi connectivity index (χ1n) is 6.31. The van der Waals surface area contributed by atoms with Crippen molar-refractivity contribution in [3.63, 3.8) is 0 Å². The summed E-state index contributed by atoms with van der Waals surface area (Å²) in [5, 5.41) is 3.44. The van der Waals surface area contributed by atoms with Crippen LogP contribution in [0.5, 0.6) is 0 Å². The van der Waals surface area contributed by atoms with Gasteiger partial charge in [-0.3, -0.25) is 9.64 Å². The molecule has 0 spiro atoms. The summed E-state index contributed by atoms with van der Waals surface area (Å²) in [5.41, 5.74) is -0.139. The van der Waals surface area contributed by atoms with Crippen molar-refractivity contribution < 1.29 is 17.9 Å². The lowest BCUT2D eigenvalue weighted by molar-refractivity contribution is -0.325. The molecule has 1 saturated heterocycles. The fraction of sp³-hybridized carbons (Fsp3) is 1.00. The van der Waals surface area contributed by atoms with E-state index >= 15 is 0 Å². The second kappa shape index (κ2) is 5.75. The lowest BCUT2D eigenvalue weighted by Gasteiger charge is -2.47. The number of hydrogen-bond acceptors (Lipinski definition) is 3. The monoisotopic (exact) mass is 268 g/mol. The molecule has 0 amide bonds. The van der Waals surface area contributed by atoms with Gasteiger partial charge in [-0.05, 0) is 19.8 Å². The maximum absolute atomic E-state index is 12.0. The Hall–Kier alpha value is -0.330. The van der Waals surface area contributed by atoms with E-state index in [0.29, 0.717) is 18.5 Å². The molecule has 1 atom stereocenters. The zero-order valence-electron chi connectivity index (χ0n) is 11.5. The minimum Gasteiger partial charge on any atom is -0.311 e. The number of ether oxygens (including phenoxy) is 1. The Morgan fingerprint density at radius 2 is 2.00 bits per heavy atom. The van der Waals surface area contributed by atoms with Crippen molar-refractivity contribution in [2.75, 3.05) is 26.2 Å². The van der Waals surface area contributed by atoms with Crippen LogP contribution >= 0.6 is 0 Å². The maximum atomic E-state index is 12.0. The number of halogens is 3. The SMILES string of the molecule is CC(C)C1CN(CCOC(F)(F)F)C(C)(C)CN1. The number of piperazine rings is 1. The Balaban J connectivity index is 2.49. The van der Waals surface area contributed by atoms with Crippen LogP contribution in [0.1, 0.15) is 27.7 Å². The highest BCUT2D eigenvalue weighted by molar-refractivity contribution is 4.93. The van der Waals surface area contributed by atoms with Gasteiger partial charge in [-0.2, -0.15) is 0 Å². The predicted molar refractivity (Wildman–Crippen MR) is 64.3 cm³/mol. The third-order valence-electron chi connectivity index (χ3n) is 3.50. The molecule has 18 heavy (non-hydrogen) atoms. The van der Waals surface area contributed by atoms with E-state index in [1.54, 1.807) is 0 Å². The topological polar surface area (TPSA) is 24.5 Å². The van der Waals surface area contributed by atoms with Crippen LogP contribution in [0.4, 0.5) is 13.2 Å². The molecule has 0 bridgehead atoms. The van der Waals surface area contributed by atoms with Crippen molar-refractivity contribution >= 4 is 0 Å². The van der Waals surface area contributed by atoms with Gasteiger partial charge in [0.1, 0.15) is 0 Å². The van der Waals surface area contributed by atoms with Crippen molar-refractivity contribution in [2.24, 2.45) is 5.92 Å². The smallest absolute Gasteiger partial charge is 0.311 e. The van der Waals surface area contributed by atoms with Crippen molar-refractivity contribution in [3.8, 4) is 0 Å². The van der Waals surface area contributed by atoms with E-state index < -0.39 is 6.36 Å². The van der Waals surface area contributed by atoms with Crippen molar-refractivity contribution in [2.45, 2.75) is 45.6 Å². The molecule has 3 nitrogen and oxygen atoms in total. The molecular weight excluding hydrogens is 245 g/mol. The summed E-state index contributed by atoms with van der Waals surface area (Å²) in [6.45, 7) is 9.82. The van der Waals surface area contributed by atoms with E-state index in [0.717, 1.165) is 13.1 Å². The number of nitrogens with zero attached hydrogens (tertiary/aromatic N) is 1. The third-order valence-corrected chi connectivity index (χ3v) is 3.50. The molecular formula is C12H23F3N2O. The Bertz CT molecular complexity index is 267. The van der Waals surface area contributed by atoms with Gasteiger partial charge in [-0.1, -0.05) is 13.8 Å². The molecule has 1 aliphatic rings. The second-order valence-corrected chi connectivity index (χ2v) is 5.78. The summed E-state index contributed by atoms with van der Waals surface area (Å²) in [6.07, 6.45) is -4.53. The molecule has 108 valence electrons. The van der Waals surface area contributed by atoms with Gasteiger partial charge >= 0.3 is 6.36 Å². The largest absolute Gasteiger partial charge is 0.522 e. The normalized spacial score (nSPS) is 25.7. The van der Waals surface area contributed by atoms with Gasteiger partial charge in [0.15, 0.2) is 0 Å². The molecule has 0 radical (unpaired) electrons. The molecule has 1 rings (SSSR count). The van der Waals surface area contributed by atoms with Crippen molar-refractivity contribution in [1.82, 2.24) is 10.2 Å². The number of alkyl halides is 3. The average Bonchev–Trinajstić information content (AvgIpc) is 2.18. The zero-order chi connectivity index (χ0) is 14.0. The summed E-state index contributed by atoms with van der Waals surface area (Å²) in [5.74, 6) is 0.465. The van der Waals surface area contributed by atoms with Crippen LogP contribution < -0.4 is 5.32 Å². The van der Waals surface area contributed by atoms with Crippen LogP contribution in [0.25, 0.3) is 0 Å². The molecule has 0 saturated carbocycles. The van der Waals surface area contributed by atoms with Gasteiger partial charge in [0.2, 0.25) is 0 Å². The van der Waals surface area contributed by atoms with Crippen molar-refractivity contribution in [3.05, 3.63) is 0 Å². The first-order chi connectivity index (χ1) is 8.12. The van der Waals surface area contributed by atoms with Gasteiger partial charge < -0.3 is 5.32 Å². The van der Waals surface area contributed by atoms with E-state index in [2.05, 4.69) is 28.8 Å². The maximum Gasteiger partial charge on any atom is 0.522 e. The molecule has 1 unspecified atom stereocenters. The van der Waals surface area contributed by atoms with E-state index in [1.165, 1.54) is 0 Å². The van der Waals surface area contributed by atoms with Gasteiger partial charge in [0.25, 0.3) is 0 Å². The molecule has 0 aromatic carbocycles. The Kier molecular flexibility index (Phi) is 5.03. The molecule has 1 aliphatic heterocycles. The minimum atomic E-state index is -4.53. The highest BCUT2D eigenvalue weighted by Crippen LogP contribution is 2.22. The van der Waals surface area contributed by atoms with Crippen LogP contribution in [-0.4, -0.2) is 49.1 Å². The van der Waals surface area contributed by atoms with E-state index in [9.17, 15) is 13.2 Å². The average molecular weight is 268 g/mol. The Morgan fingerprint density at radius 3 is 2.50 bits per heavy atom. The van der Waals surface area contributed by atoms with Crippen LogP contribution in [0.15, 0.2) is 0 Å². The predicted octanol–water partition coefficient (Wildman–Crippen LogP) is 2.23. The highest BCUT2D eigenvalue weighted by Gasteiger charge is 2.36. The molecule has 1 N–H and O–H groups in total. The summed E-state index contributed by atoms with van der Waals surface area (Å²) in [4.78, 5) is 2.07. The van der Waals surface area contributed by atoms with Crippen molar-refractivity contribution in [1.29, 1.82) is 0 Å². The highest BCUT2D eigenvalue weighted by atomic mass is 19.4. The lowest BCUT2D eigenvalue weighted by atomic mass is 9.93.